The van der Waals surface area contributed by atoms with Crippen LogP contribution in [0.25, 0.3) is 11.0 Å². The van der Waals surface area contributed by atoms with Crippen molar-refractivity contribution < 1.29 is 9.13 Å². The van der Waals surface area contributed by atoms with Crippen LogP contribution in [0.1, 0.15) is 24.2 Å². The molecule has 0 unspecified atom stereocenters. The van der Waals surface area contributed by atoms with Crippen molar-refractivity contribution in [2.75, 3.05) is 18.5 Å². The predicted molar refractivity (Wildman–Crippen MR) is 87.1 cm³/mol. The third-order valence-electron chi connectivity index (χ3n) is 4.45. The molecule has 8 heteroatoms. The Morgan fingerprint density at radius 1 is 1.42 bits per heavy atom. The number of aryl methyl sites for hydroxylation is 2. The highest BCUT2D eigenvalue weighted by atomic mass is 19.1. The molecule has 3 aromatic rings. The number of halogens is 1. The summed E-state index contributed by atoms with van der Waals surface area (Å²) in [5.41, 5.74) is 1.53. The van der Waals surface area contributed by atoms with E-state index in [0.29, 0.717) is 24.9 Å². The van der Waals surface area contributed by atoms with Crippen molar-refractivity contribution in [3.05, 3.63) is 35.7 Å². The molecule has 1 aliphatic heterocycles. The van der Waals surface area contributed by atoms with Crippen LogP contribution in [0.3, 0.4) is 0 Å². The van der Waals surface area contributed by atoms with E-state index in [2.05, 4.69) is 25.5 Å². The SMILES string of the molecule is Cc1nc([C@H]2OCC[C@H]2CNc2nc3ccc(F)cc3n2C)n[nH]1. The summed E-state index contributed by atoms with van der Waals surface area (Å²) in [4.78, 5) is 8.90. The molecule has 0 spiro atoms. The van der Waals surface area contributed by atoms with E-state index in [-0.39, 0.29) is 17.8 Å². The van der Waals surface area contributed by atoms with Gasteiger partial charge in [0.25, 0.3) is 0 Å². The fraction of sp³-hybridized carbons (Fsp3) is 0.438. The molecular weight excluding hydrogens is 311 g/mol. The Morgan fingerprint density at radius 3 is 3.08 bits per heavy atom. The average molecular weight is 330 g/mol. The molecular formula is C16H19FN6O. The summed E-state index contributed by atoms with van der Waals surface area (Å²) in [6.45, 7) is 3.26. The number of nitrogens with zero attached hydrogens (tertiary/aromatic N) is 4. The number of aromatic amines is 1. The minimum Gasteiger partial charge on any atom is -0.370 e. The summed E-state index contributed by atoms with van der Waals surface area (Å²) < 4.78 is 21.1. The molecule has 0 bridgehead atoms. The van der Waals surface area contributed by atoms with Crippen LogP contribution in [-0.2, 0) is 11.8 Å². The zero-order valence-corrected chi connectivity index (χ0v) is 13.6. The topological polar surface area (TPSA) is 80.7 Å². The molecule has 2 N–H and O–H groups in total. The molecule has 3 heterocycles. The Bertz CT molecular complexity index is 873. The minimum absolute atomic E-state index is 0.116. The van der Waals surface area contributed by atoms with Gasteiger partial charge in [-0.2, -0.15) is 5.10 Å². The first kappa shape index (κ1) is 15.1. The van der Waals surface area contributed by atoms with Crippen molar-refractivity contribution in [2.45, 2.75) is 19.4 Å². The lowest BCUT2D eigenvalue weighted by atomic mass is 10.0. The normalized spacial score (nSPS) is 20.8. The number of rotatable bonds is 4. The van der Waals surface area contributed by atoms with Gasteiger partial charge in [-0.3, -0.25) is 5.10 Å². The Morgan fingerprint density at radius 2 is 2.29 bits per heavy atom. The summed E-state index contributed by atoms with van der Waals surface area (Å²) in [5.74, 6) is 2.19. The van der Waals surface area contributed by atoms with Crippen LogP contribution >= 0.6 is 0 Å². The number of hydrogen-bond acceptors (Lipinski definition) is 5. The number of imidazole rings is 1. The number of ether oxygens (including phenoxy) is 1. The molecule has 2 aromatic heterocycles. The monoisotopic (exact) mass is 330 g/mol. The van der Waals surface area contributed by atoms with E-state index in [1.54, 1.807) is 6.07 Å². The predicted octanol–water partition coefficient (Wildman–Crippen LogP) is 2.33. The summed E-state index contributed by atoms with van der Waals surface area (Å²) in [6, 6.07) is 4.60. The lowest BCUT2D eigenvalue weighted by Crippen LogP contribution is -2.20. The van der Waals surface area contributed by atoms with Gasteiger partial charge in [-0.15, -0.1) is 0 Å². The van der Waals surface area contributed by atoms with Crippen LogP contribution < -0.4 is 5.32 Å². The maximum atomic E-state index is 13.4. The number of nitrogens with one attached hydrogen (secondary N) is 2. The smallest absolute Gasteiger partial charge is 0.203 e. The summed E-state index contributed by atoms with van der Waals surface area (Å²) in [7, 11) is 1.87. The molecule has 126 valence electrons. The van der Waals surface area contributed by atoms with Gasteiger partial charge in [0.15, 0.2) is 5.82 Å². The van der Waals surface area contributed by atoms with Crippen molar-refractivity contribution in [1.29, 1.82) is 0 Å². The summed E-state index contributed by atoms with van der Waals surface area (Å²) >= 11 is 0. The van der Waals surface area contributed by atoms with E-state index in [4.69, 9.17) is 4.74 Å². The second-order valence-electron chi connectivity index (χ2n) is 6.13. The molecule has 0 aliphatic carbocycles. The third kappa shape index (κ3) is 2.62. The molecule has 2 atom stereocenters. The Hall–Kier alpha value is -2.48. The van der Waals surface area contributed by atoms with E-state index in [1.165, 1.54) is 12.1 Å². The molecule has 0 amide bonds. The fourth-order valence-electron chi connectivity index (χ4n) is 3.16. The molecule has 0 saturated carbocycles. The highest BCUT2D eigenvalue weighted by molar-refractivity contribution is 5.78. The maximum absolute atomic E-state index is 13.4. The molecule has 4 rings (SSSR count). The van der Waals surface area contributed by atoms with Crippen LogP contribution in [0.15, 0.2) is 18.2 Å². The Kier molecular flexibility index (Phi) is 3.68. The fourth-order valence-corrected chi connectivity index (χ4v) is 3.16. The number of anilines is 1. The van der Waals surface area contributed by atoms with Gasteiger partial charge in [0.2, 0.25) is 5.95 Å². The van der Waals surface area contributed by atoms with E-state index in [1.807, 2.05) is 18.5 Å². The lowest BCUT2D eigenvalue weighted by molar-refractivity contribution is 0.0863. The minimum atomic E-state index is -0.263. The van der Waals surface area contributed by atoms with Gasteiger partial charge in [-0.25, -0.2) is 14.4 Å². The van der Waals surface area contributed by atoms with Crippen LogP contribution in [0.4, 0.5) is 10.3 Å². The van der Waals surface area contributed by atoms with Crippen LogP contribution in [-0.4, -0.2) is 37.9 Å². The van der Waals surface area contributed by atoms with Crippen LogP contribution in [0, 0.1) is 18.7 Å². The van der Waals surface area contributed by atoms with Crippen molar-refractivity contribution in [3.8, 4) is 0 Å². The average Bonchev–Trinajstić information content (AvgIpc) is 3.26. The molecule has 24 heavy (non-hydrogen) atoms. The molecule has 1 fully saturated rings. The zero-order valence-electron chi connectivity index (χ0n) is 13.6. The molecule has 1 aromatic carbocycles. The van der Waals surface area contributed by atoms with Crippen molar-refractivity contribution >= 4 is 17.0 Å². The summed E-state index contributed by atoms with van der Waals surface area (Å²) in [5, 5.41) is 10.4. The number of aromatic nitrogens is 5. The maximum Gasteiger partial charge on any atom is 0.203 e. The Balaban J connectivity index is 1.51. The van der Waals surface area contributed by atoms with Crippen molar-refractivity contribution in [1.82, 2.24) is 24.7 Å². The van der Waals surface area contributed by atoms with Gasteiger partial charge in [0, 0.05) is 26.1 Å². The van der Waals surface area contributed by atoms with Gasteiger partial charge in [0.05, 0.1) is 11.0 Å². The number of fused-ring (bicyclic) bond motifs is 1. The first-order valence-corrected chi connectivity index (χ1v) is 7.98. The first-order chi connectivity index (χ1) is 11.6. The van der Waals surface area contributed by atoms with Gasteiger partial charge >= 0.3 is 0 Å². The molecule has 0 radical (unpaired) electrons. The molecule has 1 saturated heterocycles. The van der Waals surface area contributed by atoms with Gasteiger partial charge in [-0.1, -0.05) is 0 Å². The van der Waals surface area contributed by atoms with E-state index in [0.717, 1.165) is 23.3 Å². The van der Waals surface area contributed by atoms with E-state index < -0.39 is 0 Å². The van der Waals surface area contributed by atoms with E-state index in [9.17, 15) is 4.39 Å². The number of benzene rings is 1. The highest BCUT2D eigenvalue weighted by Gasteiger charge is 2.32. The second kappa shape index (κ2) is 5.86. The van der Waals surface area contributed by atoms with Gasteiger partial charge in [0.1, 0.15) is 17.7 Å². The summed E-state index contributed by atoms with van der Waals surface area (Å²) in [6.07, 6.45) is 0.818. The van der Waals surface area contributed by atoms with Gasteiger partial charge < -0.3 is 14.6 Å². The Labute approximate surface area is 138 Å². The zero-order chi connectivity index (χ0) is 16.7. The van der Waals surface area contributed by atoms with Gasteiger partial charge in [-0.05, 0) is 31.5 Å². The van der Waals surface area contributed by atoms with Crippen molar-refractivity contribution in [2.24, 2.45) is 13.0 Å². The number of hydrogen-bond donors (Lipinski definition) is 2. The van der Waals surface area contributed by atoms with E-state index >= 15 is 0 Å². The lowest BCUT2D eigenvalue weighted by Gasteiger charge is -2.16. The molecule has 7 nitrogen and oxygen atoms in total. The second-order valence-corrected chi connectivity index (χ2v) is 6.13. The third-order valence-corrected chi connectivity index (χ3v) is 4.45. The van der Waals surface area contributed by atoms with Crippen molar-refractivity contribution in [3.63, 3.8) is 0 Å². The first-order valence-electron chi connectivity index (χ1n) is 7.98. The standard InChI is InChI=1S/C16H19FN6O/c1-9-19-15(22-21-9)14-10(5-6-24-14)8-18-16-20-12-4-3-11(17)7-13(12)23(16)2/h3-4,7,10,14H,5-6,8H2,1-2H3,(H,18,20)(H,19,21,22)/t10-,14-/m0/s1. The quantitative estimate of drug-likeness (QED) is 0.767. The molecule has 1 aliphatic rings. The largest absolute Gasteiger partial charge is 0.370 e. The number of H-pyrrole nitrogens is 1. The van der Waals surface area contributed by atoms with Crippen LogP contribution in [0.2, 0.25) is 0 Å². The van der Waals surface area contributed by atoms with Crippen LogP contribution in [0.5, 0.6) is 0 Å². The highest BCUT2D eigenvalue weighted by Crippen LogP contribution is 2.33.